The van der Waals surface area contributed by atoms with Gasteiger partial charge in [0.1, 0.15) is 0 Å². The van der Waals surface area contributed by atoms with Crippen LogP contribution in [-0.4, -0.2) is 19.4 Å². The number of hydrogen-bond acceptors (Lipinski definition) is 6. The Morgan fingerprint density at radius 1 is 1.53 bits per heavy atom. The highest BCUT2D eigenvalue weighted by atomic mass is 32.1. The summed E-state index contributed by atoms with van der Waals surface area (Å²) >= 11 is 1.35. The number of nitrogens with one attached hydrogen (secondary N) is 1. The quantitative estimate of drug-likeness (QED) is 0.614. The molecular weight excluding hydrogens is 236 g/mol. The largest absolute Gasteiger partial charge is 0.271 e. The van der Waals surface area contributed by atoms with Crippen molar-refractivity contribution >= 4 is 11.5 Å². The lowest BCUT2D eigenvalue weighted by Crippen LogP contribution is -2.29. The van der Waals surface area contributed by atoms with Gasteiger partial charge in [-0.05, 0) is 31.4 Å². The average Bonchev–Trinajstić information content (AvgIpc) is 2.96. The lowest BCUT2D eigenvalue weighted by Gasteiger charge is -2.11. The van der Waals surface area contributed by atoms with Crippen LogP contribution >= 0.6 is 11.5 Å². The molecular formula is C10H16N6S. The molecule has 0 fully saturated rings. The van der Waals surface area contributed by atoms with Crippen LogP contribution in [0, 0.1) is 0 Å². The van der Waals surface area contributed by atoms with Crippen molar-refractivity contribution in [3.8, 4) is 0 Å². The number of hydrogen-bond donors (Lipinski definition) is 2. The molecule has 2 aromatic heterocycles. The Morgan fingerprint density at radius 2 is 2.35 bits per heavy atom. The first-order chi connectivity index (χ1) is 8.20. The molecule has 3 N–H and O–H groups in total. The molecule has 17 heavy (non-hydrogen) atoms. The van der Waals surface area contributed by atoms with Gasteiger partial charge in [-0.2, -0.15) is 5.10 Å². The van der Waals surface area contributed by atoms with Crippen LogP contribution in [0.1, 0.15) is 36.5 Å². The van der Waals surface area contributed by atoms with E-state index in [0.29, 0.717) is 6.04 Å². The van der Waals surface area contributed by atoms with E-state index in [1.165, 1.54) is 11.5 Å². The van der Waals surface area contributed by atoms with Crippen molar-refractivity contribution in [2.45, 2.75) is 32.4 Å². The van der Waals surface area contributed by atoms with E-state index in [9.17, 15) is 0 Å². The second-order valence-corrected chi connectivity index (χ2v) is 4.94. The third kappa shape index (κ3) is 2.87. The van der Waals surface area contributed by atoms with Gasteiger partial charge in [0, 0.05) is 18.7 Å². The molecule has 0 aromatic carbocycles. The maximum Gasteiger partial charge on any atom is 0.0670 e. The van der Waals surface area contributed by atoms with Gasteiger partial charge in [0.25, 0.3) is 0 Å². The fourth-order valence-electron chi connectivity index (χ4n) is 1.55. The minimum absolute atomic E-state index is 0.0190. The SMILES string of the molecule is CC(C)n1ccc(CC(NN)c2cnns2)n1. The van der Waals surface area contributed by atoms with Crippen molar-refractivity contribution in [3.05, 3.63) is 29.0 Å². The third-order valence-electron chi connectivity index (χ3n) is 2.53. The number of aromatic nitrogens is 4. The molecule has 6 nitrogen and oxygen atoms in total. The normalized spacial score (nSPS) is 13.2. The fraction of sp³-hybridized carbons (Fsp3) is 0.500. The van der Waals surface area contributed by atoms with E-state index in [2.05, 4.69) is 34.0 Å². The van der Waals surface area contributed by atoms with Gasteiger partial charge in [0.05, 0.1) is 22.8 Å². The van der Waals surface area contributed by atoms with Gasteiger partial charge in [0.15, 0.2) is 0 Å². The van der Waals surface area contributed by atoms with Crippen molar-refractivity contribution in [2.24, 2.45) is 5.84 Å². The Balaban J connectivity index is 2.08. The molecule has 0 aliphatic heterocycles. The first-order valence-corrected chi connectivity index (χ1v) is 6.25. The Kier molecular flexibility index (Phi) is 3.82. The molecule has 0 aliphatic rings. The van der Waals surface area contributed by atoms with Crippen LogP contribution < -0.4 is 11.3 Å². The van der Waals surface area contributed by atoms with Crippen LogP contribution in [-0.2, 0) is 6.42 Å². The summed E-state index contributed by atoms with van der Waals surface area (Å²) in [5.74, 6) is 5.54. The van der Waals surface area contributed by atoms with E-state index in [1.54, 1.807) is 6.20 Å². The standard InChI is InChI=1S/C10H16N6S/c1-7(2)16-4-3-8(14-16)5-9(13-11)10-6-12-15-17-10/h3-4,6-7,9,13H,5,11H2,1-2H3. The van der Waals surface area contributed by atoms with Gasteiger partial charge in [-0.1, -0.05) is 4.49 Å². The monoisotopic (exact) mass is 252 g/mol. The van der Waals surface area contributed by atoms with E-state index < -0.39 is 0 Å². The molecule has 2 heterocycles. The molecule has 0 bridgehead atoms. The van der Waals surface area contributed by atoms with Gasteiger partial charge >= 0.3 is 0 Å². The molecule has 1 atom stereocenters. The minimum atomic E-state index is 0.0190. The maximum absolute atomic E-state index is 5.54. The molecule has 7 heteroatoms. The smallest absolute Gasteiger partial charge is 0.0670 e. The summed E-state index contributed by atoms with van der Waals surface area (Å²) in [7, 11) is 0. The third-order valence-corrected chi connectivity index (χ3v) is 3.31. The molecule has 2 aromatic rings. The Labute approximate surface area is 104 Å². The Morgan fingerprint density at radius 3 is 2.88 bits per heavy atom. The van der Waals surface area contributed by atoms with Crippen molar-refractivity contribution in [1.82, 2.24) is 24.8 Å². The predicted octanol–water partition coefficient (Wildman–Crippen LogP) is 1.06. The van der Waals surface area contributed by atoms with Crippen LogP contribution in [0.3, 0.4) is 0 Å². The highest BCUT2D eigenvalue weighted by molar-refractivity contribution is 7.05. The molecule has 0 aliphatic carbocycles. The van der Waals surface area contributed by atoms with E-state index in [1.807, 2.05) is 16.9 Å². The fourth-order valence-corrected chi connectivity index (χ4v) is 2.11. The summed E-state index contributed by atoms with van der Waals surface area (Å²) < 4.78 is 5.77. The van der Waals surface area contributed by atoms with Gasteiger partial charge in [-0.3, -0.25) is 16.0 Å². The molecule has 92 valence electrons. The topological polar surface area (TPSA) is 81.7 Å². The molecule has 2 rings (SSSR count). The van der Waals surface area contributed by atoms with Crippen LogP contribution in [0.25, 0.3) is 0 Å². The average molecular weight is 252 g/mol. The zero-order chi connectivity index (χ0) is 12.3. The number of rotatable bonds is 5. The molecule has 0 spiro atoms. The van der Waals surface area contributed by atoms with Crippen LogP contribution in [0.4, 0.5) is 0 Å². The maximum atomic E-state index is 5.54. The molecule has 0 radical (unpaired) electrons. The molecule has 0 saturated heterocycles. The summed E-state index contributed by atoms with van der Waals surface area (Å²) in [4.78, 5) is 1.02. The highest BCUT2D eigenvalue weighted by Crippen LogP contribution is 2.19. The van der Waals surface area contributed by atoms with E-state index in [0.717, 1.165) is 17.0 Å². The zero-order valence-corrected chi connectivity index (χ0v) is 10.7. The second kappa shape index (κ2) is 5.35. The summed E-state index contributed by atoms with van der Waals surface area (Å²) in [6.07, 6.45) is 4.45. The molecule has 0 amide bonds. The first-order valence-electron chi connectivity index (χ1n) is 5.48. The minimum Gasteiger partial charge on any atom is -0.271 e. The Hall–Kier alpha value is -1.31. The lowest BCUT2D eigenvalue weighted by atomic mass is 10.1. The second-order valence-electron chi connectivity index (χ2n) is 4.12. The lowest BCUT2D eigenvalue weighted by molar-refractivity contribution is 0.509. The number of hydrazine groups is 1. The summed E-state index contributed by atoms with van der Waals surface area (Å²) in [6, 6.07) is 2.40. The summed E-state index contributed by atoms with van der Waals surface area (Å²) in [6.45, 7) is 4.20. The van der Waals surface area contributed by atoms with Gasteiger partial charge in [-0.25, -0.2) is 0 Å². The zero-order valence-electron chi connectivity index (χ0n) is 9.87. The van der Waals surface area contributed by atoms with Gasteiger partial charge in [0.2, 0.25) is 0 Å². The predicted molar refractivity (Wildman–Crippen MR) is 66.3 cm³/mol. The first kappa shape index (κ1) is 12.2. The van der Waals surface area contributed by atoms with Crippen molar-refractivity contribution in [1.29, 1.82) is 0 Å². The van der Waals surface area contributed by atoms with Gasteiger partial charge < -0.3 is 0 Å². The van der Waals surface area contributed by atoms with Crippen LogP contribution in [0.5, 0.6) is 0 Å². The summed E-state index contributed by atoms with van der Waals surface area (Å²) in [5, 5.41) is 8.31. The van der Waals surface area contributed by atoms with E-state index in [-0.39, 0.29) is 6.04 Å². The van der Waals surface area contributed by atoms with Crippen molar-refractivity contribution < 1.29 is 0 Å². The van der Waals surface area contributed by atoms with Crippen LogP contribution in [0.15, 0.2) is 18.5 Å². The molecule has 0 saturated carbocycles. The van der Waals surface area contributed by atoms with Crippen molar-refractivity contribution in [2.75, 3.05) is 0 Å². The number of nitrogens with two attached hydrogens (primary N) is 1. The molecule has 1 unspecified atom stereocenters. The summed E-state index contributed by atoms with van der Waals surface area (Å²) in [5.41, 5.74) is 3.78. The van der Waals surface area contributed by atoms with E-state index >= 15 is 0 Å². The Bertz CT molecular complexity index is 449. The number of nitrogens with zero attached hydrogens (tertiary/aromatic N) is 4. The van der Waals surface area contributed by atoms with Gasteiger partial charge in [-0.15, -0.1) is 5.10 Å². The van der Waals surface area contributed by atoms with E-state index in [4.69, 9.17) is 5.84 Å². The van der Waals surface area contributed by atoms with Crippen molar-refractivity contribution in [3.63, 3.8) is 0 Å². The highest BCUT2D eigenvalue weighted by Gasteiger charge is 2.14. The van der Waals surface area contributed by atoms with Crippen LogP contribution in [0.2, 0.25) is 0 Å².